The summed E-state index contributed by atoms with van der Waals surface area (Å²) in [6.07, 6.45) is 3.93. The first-order valence-electron chi connectivity index (χ1n) is 11.1. The van der Waals surface area contributed by atoms with Gasteiger partial charge in [-0.15, -0.1) is 0 Å². The molecule has 1 saturated carbocycles. The van der Waals surface area contributed by atoms with Crippen molar-refractivity contribution in [3.8, 4) is 5.75 Å². The van der Waals surface area contributed by atoms with Crippen molar-refractivity contribution < 1.29 is 33.3 Å². The van der Waals surface area contributed by atoms with Crippen LogP contribution in [0.3, 0.4) is 0 Å². The molecule has 1 aliphatic carbocycles. The Kier molecular flexibility index (Phi) is 9.81. The van der Waals surface area contributed by atoms with Crippen LogP contribution in [0.5, 0.6) is 5.75 Å². The molecule has 1 N–H and O–H groups in total. The van der Waals surface area contributed by atoms with E-state index in [9.17, 15) is 14.4 Å². The van der Waals surface area contributed by atoms with Crippen LogP contribution >= 0.6 is 0 Å². The van der Waals surface area contributed by atoms with Crippen molar-refractivity contribution in [1.29, 1.82) is 0 Å². The van der Waals surface area contributed by atoms with E-state index in [1.165, 1.54) is 0 Å². The topological polar surface area (TPSA) is 100 Å². The number of amides is 1. The van der Waals surface area contributed by atoms with Crippen molar-refractivity contribution in [3.63, 3.8) is 0 Å². The van der Waals surface area contributed by atoms with Crippen LogP contribution in [0.1, 0.15) is 71.3 Å². The third kappa shape index (κ3) is 9.58. The molecule has 0 radical (unpaired) electrons. The van der Waals surface area contributed by atoms with Crippen LogP contribution < -0.4 is 10.1 Å². The Balaban J connectivity index is 1.89. The maximum atomic E-state index is 12.7. The van der Waals surface area contributed by atoms with Crippen molar-refractivity contribution in [2.45, 2.75) is 90.1 Å². The average molecular weight is 450 g/mol. The summed E-state index contributed by atoms with van der Waals surface area (Å²) >= 11 is 0. The number of nitrogens with one attached hydrogen (secondary N) is 1. The van der Waals surface area contributed by atoms with E-state index >= 15 is 0 Å². The number of hydrogen-bond donors (Lipinski definition) is 1. The lowest BCUT2D eigenvalue weighted by Crippen LogP contribution is -2.45. The third-order valence-corrected chi connectivity index (χ3v) is 5.01. The molecule has 0 saturated heterocycles. The second kappa shape index (κ2) is 12.3. The van der Waals surface area contributed by atoms with Gasteiger partial charge in [0, 0.05) is 6.42 Å². The van der Waals surface area contributed by atoms with Gasteiger partial charge >= 0.3 is 18.0 Å². The number of alkyl carbamates (subject to hydrolysis) is 1. The summed E-state index contributed by atoms with van der Waals surface area (Å²) in [5, 5.41) is 2.55. The average Bonchev–Trinajstić information content (AvgIpc) is 2.74. The molecule has 2 rings (SSSR count). The summed E-state index contributed by atoms with van der Waals surface area (Å²) < 4.78 is 21.2. The van der Waals surface area contributed by atoms with Gasteiger partial charge in [-0.25, -0.2) is 9.59 Å². The van der Waals surface area contributed by atoms with Gasteiger partial charge in [-0.05, 0) is 70.6 Å². The molecule has 8 heteroatoms. The summed E-state index contributed by atoms with van der Waals surface area (Å²) in [5.41, 5.74) is 0.110. The van der Waals surface area contributed by atoms with E-state index < -0.39 is 29.7 Å². The molecule has 0 heterocycles. The molecular weight excluding hydrogens is 414 g/mol. The van der Waals surface area contributed by atoms with Gasteiger partial charge in [-0.1, -0.05) is 18.6 Å². The fourth-order valence-electron chi connectivity index (χ4n) is 3.35. The fraction of sp³-hybridized carbons (Fsp3) is 0.625. The number of methoxy groups -OCH3 is 1. The number of benzene rings is 1. The molecule has 178 valence electrons. The zero-order valence-electron chi connectivity index (χ0n) is 19.5. The van der Waals surface area contributed by atoms with E-state index in [0.29, 0.717) is 5.75 Å². The van der Waals surface area contributed by atoms with Crippen molar-refractivity contribution in [2.24, 2.45) is 0 Å². The minimum Gasteiger partial charge on any atom is -0.497 e. The van der Waals surface area contributed by atoms with E-state index in [4.69, 9.17) is 18.9 Å². The number of rotatable bonds is 9. The minimum atomic E-state index is -0.986. The Bertz CT molecular complexity index is 749. The lowest BCUT2D eigenvalue weighted by Gasteiger charge is -2.26. The molecule has 0 spiro atoms. The highest BCUT2D eigenvalue weighted by Crippen LogP contribution is 2.21. The Morgan fingerprint density at radius 1 is 1.06 bits per heavy atom. The summed E-state index contributed by atoms with van der Waals surface area (Å²) in [6.45, 7) is 5.31. The Hall–Kier alpha value is -2.77. The number of hydrogen-bond acceptors (Lipinski definition) is 7. The Labute approximate surface area is 189 Å². The lowest BCUT2D eigenvalue weighted by atomic mass is 9.98. The second-order valence-electron chi connectivity index (χ2n) is 8.94. The maximum Gasteiger partial charge on any atom is 0.408 e. The van der Waals surface area contributed by atoms with Crippen molar-refractivity contribution in [2.75, 3.05) is 7.11 Å². The highest BCUT2D eigenvalue weighted by Gasteiger charge is 2.29. The van der Waals surface area contributed by atoms with Crippen LogP contribution in [0, 0.1) is 0 Å². The van der Waals surface area contributed by atoms with Crippen LogP contribution in [0.4, 0.5) is 4.79 Å². The van der Waals surface area contributed by atoms with E-state index in [2.05, 4.69) is 5.32 Å². The quantitative estimate of drug-likeness (QED) is 0.443. The fourth-order valence-corrected chi connectivity index (χ4v) is 3.35. The first-order chi connectivity index (χ1) is 15.2. The van der Waals surface area contributed by atoms with Crippen LogP contribution in [0.25, 0.3) is 0 Å². The van der Waals surface area contributed by atoms with Gasteiger partial charge in [-0.3, -0.25) is 4.79 Å². The van der Waals surface area contributed by atoms with Crippen LogP contribution in [0.2, 0.25) is 0 Å². The molecule has 0 aromatic heterocycles. The molecule has 8 nitrogen and oxygen atoms in total. The van der Waals surface area contributed by atoms with Gasteiger partial charge in [-0.2, -0.15) is 0 Å². The smallest absolute Gasteiger partial charge is 0.408 e. The van der Waals surface area contributed by atoms with Gasteiger partial charge in [0.25, 0.3) is 0 Å². The molecule has 0 unspecified atom stereocenters. The third-order valence-electron chi connectivity index (χ3n) is 5.01. The van der Waals surface area contributed by atoms with Crippen molar-refractivity contribution >= 4 is 18.0 Å². The molecule has 1 amide bonds. The second-order valence-corrected chi connectivity index (χ2v) is 8.94. The maximum absolute atomic E-state index is 12.7. The lowest BCUT2D eigenvalue weighted by molar-refractivity contribution is -0.153. The molecule has 1 fully saturated rings. The van der Waals surface area contributed by atoms with Crippen LogP contribution in [-0.4, -0.2) is 42.9 Å². The summed E-state index contributed by atoms with van der Waals surface area (Å²) in [7, 11) is 1.58. The monoisotopic (exact) mass is 449 g/mol. The molecule has 0 bridgehead atoms. The molecule has 1 aromatic rings. The zero-order chi connectivity index (χ0) is 23.6. The van der Waals surface area contributed by atoms with Gasteiger partial charge in [0.2, 0.25) is 0 Å². The van der Waals surface area contributed by atoms with E-state index in [0.717, 1.165) is 37.7 Å². The Morgan fingerprint density at radius 2 is 1.72 bits per heavy atom. The van der Waals surface area contributed by atoms with Crippen molar-refractivity contribution in [3.05, 3.63) is 29.8 Å². The van der Waals surface area contributed by atoms with Crippen LogP contribution in [0.15, 0.2) is 24.3 Å². The van der Waals surface area contributed by atoms with Gasteiger partial charge < -0.3 is 24.3 Å². The molecular formula is C24H35NO7. The summed E-state index contributed by atoms with van der Waals surface area (Å²) in [5.74, 6) is -0.305. The number of ether oxygens (including phenoxy) is 4. The van der Waals surface area contributed by atoms with Crippen LogP contribution in [-0.2, 0) is 30.4 Å². The highest BCUT2D eigenvalue weighted by molar-refractivity contribution is 5.82. The van der Waals surface area contributed by atoms with E-state index in [-0.39, 0.29) is 25.6 Å². The van der Waals surface area contributed by atoms with Gasteiger partial charge in [0.05, 0.1) is 7.11 Å². The predicted octanol–water partition coefficient (Wildman–Crippen LogP) is 4.29. The van der Waals surface area contributed by atoms with Crippen molar-refractivity contribution in [1.82, 2.24) is 5.32 Å². The number of carbonyl (C=O) groups is 3. The first-order valence-corrected chi connectivity index (χ1v) is 11.1. The number of esters is 2. The SMILES string of the molecule is COc1ccc(COC(=O)CC[C@@H](NC(=O)OC(C)(C)C)C(=O)OC2CCCCC2)cc1. The predicted molar refractivity (Wildman–Crippen MR) is 118 cm³/mol. The molecule has 1 aliphatic rings. The largest absolute Gasteiger partial charge is 0.497 e. The molecule has 0 aliphatic heterocycles. The number of carbonyl (C=O) groups excluding carboxylic acids is 3. The zero-order valence-corrected chi connectivity index (χ0v) is 19.5. The first kappa shape index (κ1) is 25.5. The Morgan fingerprint density at radius 3 is 2.31 bits per heavy atom. The van der Waals surface area contributed by atoms with Gasteiger partial charge in [0.15, 0.2) is 0 Å². The molecule has 1 aromatic carbocycles. The standard InChI is InChI=1S/C24H35NO7/c1-24(2,3)32-23(28)25-20(22(27)31-19-8-6-5-7-9-19)14-15-21(26)30-16-17-10-12-18(29-4)13-11-17/h10-13,19-20H,5-9,14-16H2,1-4H3,(H,25,28)/t20-/m1/s1. The molecule has 32 heavy (non-hydrogen) atoms. The minimum absolute atomic E-state index is 0.0453. The molecule has 1 atom stereocenters. The van der Waals surface area contributed by atoms with Gasteiger partial charge in [0.1, 0.15) is 30.1 Å². The van der Waals surface area contributed by atoms with E-state index in [1.807, 2.05) is 0 Å². The summed E-state index contributed by atoms with van der Waals surface area (Å²) in [6, 6.07) is 6.19. The van der Waals surface area contributed by atoms with E-state index in [1.54, 1.807) is 52.1 Å². The highest BCUT2D eigenvalue weighted by atomic mass is 16.6. The normalized spacial score (nSPS) is 15.4. The summed E-state index contributed by atoms with van der Waals surface area (Å²) in [4.78, 5) is 37.1.